The zero-order valence-electron chi connectivity index (χ0n) is 12.8. The van der Waals surface area contributed by atoms with E-state index in [4.69, 9.17) is 23.7 Å². The van der Waals surface area contributed by atoms with Crippen LogP contribution in [0.5, 0.6) is 0 Å². The molecule has 1 fully saturated rings. The molecule has 1 aliphatic heterocycles. The molecule has 20 heavy (non-hydrogen) atoms. The zero-order chi connectivity index (χ0) is 15.0. The molecule has 1 saturated heterocycles. The Morgan fingerprint density at radius 1 is 0.900 bits per heavy atom. The lowest BCUT2D eigenvalue weighted by atomic mass is 9.99. The molecule has 118 valence electrons. The van der Waals surface area contributed by atoms with E-state index in [1.165, 1.54) is 0 Å². The van der Waals surface area contributed by atoms with Crippen molar-refractivity contribution in [3.8, 4) is 0 Å². The topological polar surface area (TPSA) is 63.2 Å². The lowest BCUT2D eigenvalue weighted by molar-refractivity contribution is -0.231. The van der Waals surface area contributed by atoms with Crippen LogP contribution in [0.15, 0.2) is 0 Å². The van der Waals surface area contributed by atoms with Gasteiger partial charge in [-0.3, -0.25) is 0 Å². The Kier molecular flexibility index (Phi) is 8.06. The summed E-state index contributed by atoms with van der Waals surface area (Å²) >= 11 is 0. The van der Waals surface area contributed by atoms with Crippen molar-refractivity contribution in [1.82, 2.24) is 0 Å². The summed E-state index contributed by atoms with van der Waals surface area (Å²) < 4.78 is 27.6. The summed E-state index contributed by atoms with van der Waals surface area (Å²) in [4.78, 5) is 12.1. The van der Waals surface area contributed by atoms with Crippen LogP contribution >= 0.6 is 0 Å². The molecule has 1 heterocycles. The first-order valence-corrected chi connectivity index (χ1v) is 7.32. The standard InChI is InChI=1S/C14H26O6/c1-5-16-9-10-11(17-6-2)12(18-7-3)13(19-8-4)14(15)20-10/h10-13H,5-9H2,1-4H3/t10-,11-,12+,13-/m1/s1. The van der Waals surface area contributed by atoms with Crippen LogP contribution in [-0.2, 0) is 28.5 Å². The molecule has 0 aromatic carbocycles. The third kappa shape index (κ3) is 4.41. The molecule has 0 amide bonds. The summed E-state index contributed by atoms with van der Waals surface area (Å²) in [7, 11) is 0. The zero-order valence-corrected chi connectivity index (χ0v) is 12.8. The highest BCUT2D eigenvalue weighted by Gasteiger charge is 2.48. The third-order valence-corrected chi connectivity index (χ3v) is 3.04. The normalized spacial score (nSPS) is 30.3. The van der Waals surface area contributed by atoms with Gasteiger partial charge in [0.05, 0.1) is 6.61 Å². The van der Waals surface area contributed by atoms with Crippen molar-refractivity contribution >= 4 is 5.97 Å². The van der Waals surface area contributed by atoms with Crippen LogP contribution in [0.3, 0.4) is 0 Å². The molecule has 6 heteroatoms. The van der Waals surface area contributed by atoms with E-state index in [1.807, 2.05) is 27.7 Å². The van der Waals surface area contributed by atoms with Gasteiger partial charge in [0.2, 0.25) is 0 Å². The second kappa shape index (κ2) is 9.28. The minimum Gasteiger partial charge on any atom is -0.455 e. The SMILES string of the molecule is CCOC[C@H]1OC(=O)[C@H](OCC)[C@@H](OCC)[C@@H]1OCC. The van der Waals surface area contributed by atoms with Gasteiger partial charge in [-0.1, -0.05) is 0 Å². The fourth-order valence-electron chi connectivity index (χ4n) is 2.28. The van der Waals surface area contributed by atoms with E-state index in [1.54, 1.807) is 0 Å². The number of ether oxygens (including phenoxy) is 5. The molecular formula is C14H26O6. The Balaban J connectivity index is 2.86. The second-order valence-corrected chi connectivity index (χ2v) is 4.35. The number of esters is 1. The van der Waals surface area contributed by atoms with E-state index in [2.05, 4.69) is 0 Å². The lowest BCUT2D eigenvalue weighted by Crippen LogP contribution is -2.59. The Morgan fingerprint density at radius 2 is 1.50 bits per heavy atom. The number of rotatable bonds is 9. The summed E-state index contributed by atoms with van der Waals surface area (Å²) in [6, 6.07) is 0. The van der Waals surface area contributed by atoms with Gasteiger partial charge in [-0.2, -0.15) is 0 Å². The van der Waals surface area contributed by atoms with Crippen LogP contribution in [0.25, 0.3) is 0 Å². The van der Waals surface area contributed by atoms with Gasteiger partial charge in [0.15, 0.2) is 12.2 Å². The lowest BCUT2D eigenvalue weighted by Gasteiger charge is -2.40. The van der Waals surface area contributed by atoms with E-state index in [0.717, 1.165) is 0 Å². The predicted octanol–water partition coefficient (Wildman–Crippen LogP) is 1.16. The highest BCUT2D eigenvalue weighted by molar-refractivity contribution is 5.77. The molecule has 0 unspecified atom stereocenters. The largest absolute Gasteiger partial charge is 0.455 e. The average molecular weight is 290 g/mol. The van der Waals surface area contributed by atoms with Crippen LogP contribution in [0.1, 0.15) is 27.7 Å². The number of carbonyl (C=O) groups excluding carboxylic acids is 1. The van der Waals surface area contributed by atoms with Crippen molar-refractivity contribution in [3.63, 3.8) is 0 Å². The van der Waals surface area contributed by atoms with Crippen LogP contribution in [0, 0.1) is 0 Å². The van der Waals surface area contributed by atoms with Gasteiger partial charge in [-0.25, -0.2) is 4.79 Å². The summed E-state index contributed by atoms with van der Waals surface area (Å²) in [5.74, 6) is -0.411. The third-order valence-electron chi connectivity index (χ3n) is 3.04. The van der Waals surface area contributed by atoms with E-state index in [0.29, 0.717) is 33.0 Å². The van der Waals surface area contributed by atoms with Crippen LogP contribution in [0.4, 0.5) is 0 Å². The van der Waals surface area contributed by atoms with Crippen molar-refractivity contribution < 1.29 is 28.5 Å². The van der Waals surface area contributed by atoms with E-state index >= 15 is 0 Å². The molecule has 0 bridgehead atoms. The number of hydrogen-bond acceptors (Lipinski definition) is 6. The maximum absolute atomic E-state index is 12.1. The first-order chi connectivity index (χ1) is 9.69. The summed E-state index contributed by atoms with van der Waals surface area (Å²) in [6.07, 6.45) is -2.04. The highest BCUT2D eigenvalue weighted by atomic mass is 16.6. The van der Waals surface area contributed by atoms with Crippen LogP contribution in [0.2, 0.25) is 0 Å². The molecule has 0 aliphatic carbocycles. The van der Waals surface area contributed by atoms with E-state index in [9.17, 15) is 4.79 Å². The molecule has 6 nitrogen and oxygen atoms in total. The molecule has 0 aromatic rings. The van der Waals surface area contributed by atoms with E-state index in [-0.39, 0.29) is 6.10 Å². The number of carbonyl (C=O) groups is 1. The summed E-state index contributed by atoms with van der Waals surface area (Å²) in [6.45, 7) is 9.76. The smallest absolute Gasteiger partial charge is 0.338 e. The Bertz CT molecular complexity index is 283. The molecule has 1 aliphatic rings. The van der Waals surface area contributed by atoms with E-state index < -0.39 is 24.3 Å². The van der Waals surface area contributed by atoms with Crippen molar-refractivity contribution in [2.75, 3.05) is 33.0 Å². The number of hydrogen-bond donors (Lipinski definition) is 0. The monoisotopic (exact) mass is 290 g/mol. The highest BCUT2D eigenvalue weighted by Crippen LogP contribution is 2.25. The molecule has 0 saturated carbocycles. The van der Waals surface area contributed by atoms with Gasteiger partial charge >= 0.3 is 5.97 Å². The molecule has 0 spiro atoms. The van der Waals surface area contributed by atoms with Gasteiger partial charge in [0, 0.05) is 26.4 Å². The molecule has 4 atom stereocenters. The quantitative estimate of drug-likeness (QED) is 0.594. The van der Waals surface area contributed by atoms with Crippen LogP contribution < -0.4 is 0 Å². The van der Waals surface area contributed by atoms with Gasteiger partial charge < -0.3 is 23.7 Å². The first kappa shape index (κ1) is 17.4. The molecular weight excluding hydrogens is 264 g/mol. The van der Waals surface area contributed by atoms with Crippen molar-refractivity contribution in [2.24, 2.45) is 0 Å². The van der Waals surface area contributed by atoms with Gasteiger partial charge in [0.25, 0.3) is 0 Å². The minimum atomic E-state index is -0.741. The summed E-state index contributed by atoms with van der Waals surface area (Å²) in [5.41, 5.74) is 0. The molecule has 1 rings (SSSR count). The maximum atomic E-state index is 12.1. The minimum absolute atomic E-state index is 0.301. The van der Waals surface area contributed by atoms with Crippen molar-refractivity contribution in [1.29, 1.82) is 0 Å². The van der Waals surface area contributed by atoms with Crippen molar-refractivity contribution in [2.45, 2.75) is 52.1 Å². The Hall–Kier alpha value is -0.690. The molecule has 0 N–H and O–H groups in total. The van der Waals surface area contributed by atoms with Crippen LogP contribution in [-0.4, -0.2) is 63.4 Å². The number of cyclic esters (lactones) is 1. The molecule has 0 radical (unpaired) electrons. The average Bonchev–Trinajstić information content (AvgIpc) is 2.44. The van der Waals surface area contributed by atoms with Gasteiger partial charge in [-0.15, -0.1) is 0 Å². The predicted molar refractivity (Wildman–Crippen MR) is 72.6 cm³/mol. The van der Waals surface area contributed by atoms with Gasteiger partial charge in [0.1, 0.15) is 12.2 Å². The summed E-state index contributed by atoms with van der Waals surface area (Å²) in [5, 5.41) is 0. The first-order valence-electron chi connectivity index (χ1n) is 7.32. The fraction of sp³-hybridized carbons (Fsp3) is 0.929. The van der Waals surface area contributed by atoms with Gasteiger partial charge in [-0.05, 0) is 27.7 Å². The Morgan fingerprint density at radius 3 is 2.05 bits per heavy atom. The Labute approximate surface area is 120 Å². The second-order valence-electron chi connectivity index (χ2n) is 4.35. The van der Waals surface area contributed by atoms with Crippen molar-refractivity contribution in [3.05, 3.63) is 0 Å². The maximum Gasteiger partial charge on any atom is 0.338 e. The fourth-order valence-corrected chi connectivity index (χ4v) is 2.28. The molecule has 0 aromatic heterocycles.